The maximum atomic E-state index is 12.4. The van der Waals surface area contributed by atoms with Crippen LogP contribution < -0.4 is 0 Å². The maximum Gasteiger partial charge on any atom is 0.320 e. The Bertz CT molecular complexity index is 408. The van der Waals surface area contributed by atoms with Crippen molar-refractivity contribution >= 4 is 11.9 Å². The van der Waals surface area contributed by atoms with Gasteiger partial charge in [-0.1, -0.05) is 12.8 Å². The molecule has 118 valence electrons. The molecule has 1 saturated carbocycles. The fourth-order valence-electron chi connectivity index (χ4n) is 4.09. The van der Waals surface area contributed by atoms with Gasteiger partial charge in [-0.2, -0.15) is 0 Å². The Morgan fingerprint density at radius 1 is 1.14 bits per heavy atom. The fraction of sp³-hybridized carbons (Fsp3) is 0.867. The van der Waals surface area contributed by atoms with E-state index in [1.807, 2.05) is 4.90 Å². The van der Waals surface area contributed by atoms with Gasteiger partial charge in [0.05, 0.1) is 19.8 Å². The Morgan fingerprint density at radius 3 is 2.57 bits per heavy atom. The van der Waals surface area contributed by atoms with Crippen molar-refractivity contribution in [3.8, 4) is 0 Å². The molecule has 6 heteroatoms. The summed E-state index contributed by atoms with van der Waals surface area (Å²) in [5.41, 5.74) is 0. The van der Waals surface area contributed by atoms with Gasteiger partial charge in [0.15, 0.2) is 0 Å². The second-order valence-corrected chi connectivity index (χ2v) is 6.37. The maximum absolute atomic E-state index is 12.4. The fourth-order valence-corrected chi connectivity index (χ4v) is 4.09. The molecule has 3 atom stereocenters. The number of carbonyl (C=O) groups excluding carboxylic acids is 1. The second-order valence-electron chi connectivity index (χ2n) is 6.37. The first-order valence-corrected chi connectivity index (χ1v) is 8.01. The first-order valence-electron chi connectivity index (χ1n) is 8.01. The van der Waals surface area contributed by atoms with E-state index in [0.717, 1.165) is 19.3 Å². The first-order chi connectivity index (χ1) is 10.2. The molecular weight excluding hydrogens is 272 g/mol. The largest absolute Gasteiger partial charge is 0.480 e. The molecule has 1 N–H and O–H groups in total. The lowest BCUT2D eigenvalue weighted by Crippen LogP contribution is -2.50. The number of carboxylic acid groups (broad SMARTS) is 1. The van der Waals surface area contributed by atoms with E-state index >= 15 is 0 Å². The predicted octanol–water partition coefficient (Wildman–Crippen LogP) is 0.563. The Morgan fingerprint density at radius 2 is 1.86 bits per heavy atom. The van der Waals surface area contributed by atoms with Gasteiger partial charge in [-0.15, -0.1) is 0 Å². The minimum absolute atomic E-state index is 0.0516. The number of carboxylic acids is 1. The van der Waals surface area contributed by atoms with Crippen molar-refractivity contribution in [2.24, 2.45) is 5.92 Å². The SMILES string of the molecule is O=C(O)[C@@H]1C[C@H]2CCCC[C@H]2N1CC(=O)N1CCOCC1. The quantitative estimate of drug-likeness (QED) is 0.824. The number of ether oxygens (including phenoxy) is 1. The molecule has 2 heterocycles. The Labute approximate surface area is 125 Å². The summed E-state index contributed by atoms with van der Waals surface area (Å²) in [7, 11) is 0. The number of fused-ring (bicyclic) bond motifs is 1. The highest BCUT2D eigenvalue weighted by molar-refractivity contribution is 5.80. The zero-order chi connectivity index (χ0) is 14.8. The van der Waals surface area contributed by atoms with Crippen molar-refractivity contribution in [1.29, 1.82) is 0 Å². The molecule has 0 aromatic carbocycles. The molecule has 0 aromatic heterocycles. The Hall–Kier alpha value is -1.14. The first kappa shape index (κ1) is 14.8. The lowest BCUT2D eigenvalue weighted by atomic mass is 9.85. The highest BCUT2D eigenvalue weighted by atomic mass is 16.5. The average Bonchev–Trinajstić information content (AvgIpc) is 2.87. The third-order valence-corrected chi connectivity index (χ3v) is 5.19. The van der Waals surface area contributed by atoms with Crippen LogP contribution >= 0.6 is 0 Å². The van der Waals surface area contributed by atoms with Gasteiger partial charge in [0, 0.05) is 19.1 Å². The van der Waals surface area contributed by atoms with E-state index in [4.69, 9.17) is 4.74 Å². The van der Waals surface area contributed by atoms with Crippen LogP contribution in [0.5, 0.6) is 0 Å². The molecule has 3 fully saturated rings. The summed E-state index contributed by atoms with van der Waals surface area (Å²) in [5, 5.41) is 9.47. The molecule has 3 aliphatic rings. The summed E-state index contributed by atoms with van der Waals surface area (Å²) in [5.74, 6) is -0.271. The molecule has 0 radical (unpaired) electrons. The van der Waals surface area contributed by atoms with E-state index in [2.05, 4.69) is 0 Å². The summed E-state index contributed by atoms with van der Waals surface area (Å²) >= 11 is 0. The van der Waals surface area contributed by atoms with Crippen molar-refractivity contribution in [3.63, 3.8) is 0 Å². The summed E-state index contributed by atoms with van der Waals surface area (Å²) in [6.07, 6.45) is 5.19. The summed E-state index contributed by atoms with van der Waals surface area (Å²) < 4.78 is 5.26. The van der Waals surface area contributed by atoms with Crippen LogP contribution in [-0.4, -0.2) is 71.7 Å². The lowest BCUT2D eigenvalue weighted by molar-refractivity contribution is -0.145. The molecule has 1 amide bonds. The number of rotatable bonds is 3. The van der Waals surface area contributed by atoms with E-state index in [1.54, 1.807) is 4.90 Å². The van der Waals surface area contributed by atoms with Gasteiger partial charge in [-0.25, -0.2) is 0 Å². The predicted molar refractivity (Wildman–Crippen MR) is 75.9 cm³/mol. The molecule has 21 heavy (non-hydrogen) atoms. The second kappa shape index (κ2) is 6.32. The number of likely N-dealkylation sites (tertiary alicyclic amines) is 1. The van der Waals surface area contributed by atoms with Gasteiger partial charge >= 0.3 is 5.97 Å². The number of carbonyl (C=O) groups is 2. The molecular formula is C15H24N2O4. The van der Waals surface area contributed by atoms with Crippen LogP contribution in [-0.2, 0) is 14.3 Å². The number of hydrogen-bond acceptors (Lipinski definition) is 4. The molecule has 0 spiro atoms. The van der Waals surface area contributed by atoms with E-state index < -0.39 is 12.0 Å². The molecule has 6 nitrogen and oxygen atoms in total. The number of nitrogens with zero attached hydrogens (tertiary/aromatic N) is 2. The minimum Gasteiger partial charge on any atom is -0.480 e. The van der Waals surface area contributed by atoms with E-state index in [1.165, 1.54) is 6.42 Å². The van der Waals surface area contributed by atoms with Crippen LogP contribution in [0, 0.1) is 5.92 Å². The van der Waals surface area contributed by atoms with Crippen LogP contribution in [0.4, 0.5) is 0 Å². The van der Waals surface area contributed by atoms with E-state index in [-0.39, 0.29) is 18.5 Å². The molecule has 2 aliphatic heterocycles. The standard InChI is InChI=1S/C15H24N2O4/c18-14(16-5-7-21-8-6-16)10-17-12-4-2-1-3-11(12)9-13(17)15(19)20/h11-13H,1-10H2,(H,19,20)/t11-,12-,13+/m1/s1. The summed E-state index contributed by atoms with van der Waals surface area (Å²) in [6, 6.07) is -0.201. The Balaban J connectivity index is 1.68. The van der Waals surface area contributed by atoms with Gasteiger partial charge in [-0.3, -0.25) is 14.5 Å². The van der Waals surface area contributed by atoms with Gasteiger partial charge in [0.1, 0.15) is 6.04 Å². The lowest BCUT2D eigenvalue weighted by Gasteiger charge is -2.34. The van der Waals surface area contributed by atoms with Crippen molar-refractivity contribution in [2.45, 2.75) is 44.2 Å². The zero-order valence-electron chi connectivity index (χ0n) is 12.4. The topological polar surface area (TPSA) is 70.1 Å². The van der Waals surface area contributed by atoms with Crippen LogP contribution in [0.2, 0.25) is 0 Å². The molecule has 1 aliphatic carbocycles. The van der Waals surface area contributed by atoms with E-state index in [0.29, 0.717) is 38.6 Å². The van der Waals surface area contributed by atoms with Gasteiger partial charge in [0.25, 0.3) is 0 Å². The highest BCUT2D eigenvalue weighted by Gasteiger charge is 2.46. The number of aliphatic carboxylic acids is 1. The molecule has 3 rings (SSSR count). The average molecular weight is 296 g/mol. The van der Waals surface area contributed by atoms with E-state index in [9.17, 15) is 14.7 Å². The van der Waals surface area contributed by atoms with Crippen molar-refractivity contribution in [1.82, 2.24) is 9.80 Å². The molecule has 0 bridgehead atoms. The summed E-state index contributed by atoms with van der Waals surface area (Å²) in [6.45, 7) is 2.66. The van der Waals surface area contributed by atoms with Gasteiger partial charge in [0.2, 0.25) is 5.91 Å². The van der Waals surface area contributed by atoms with Crippen LogP contribution in [0.3, 0.4) is 0 Å². The van der Waals surface area contributed by atoms with Crippen LogP contribution in [0.1, 0.15) is 32.1 Å². The van der Waals surface area contributed by atoms with Crippen molar-refractivity contribution in [2.75, 3.05) is 32.8 Å². The minimum atomic E-state index is -0.779. The van der Waals surface area contributed by atoms with Gasteiger partial charge < -0.3 is 14.7 Å². The number of hydrogen-bond donors (Lipinski definition) is 1. The third-order valence-electron chi connectivity index (χ3n) is 5.19. The Kier molecular flexibility index (Phi) is 4.45. The monoisotopic (exact) mass is 296 g/mol. The third kappa shape index (κ3) is 3.06. The smallest absolute Gasteiger partial charge is 0.320 e. The number of morpholine rings is 1. The number of amides is 1. The van der Waals surface area contributed by atoms with Crippen molar-refractivity contribution < 1.29 is 19.4 Å². The van der Waals surface area contributed by atoms with Gasteiger partial charge in [-0.05, 0) is 25.2 Å². The molecule has 0 aromatic rings. The van der Waals surface area contributed by atoms with Crippen molar-refractivity contribution in [3.05, 3.63) is 0 Å². The molecule has 0 unspecified atom stereocenters. The normalized spacial score (nSPS) is 33.7. The zero-order valence-corrected chi connectivity index (χ0v) is 12.4. The highest BCUT2D eigenvalue weighted by Crippen LogP contribution is 2.39. The summed E-state index contributed by atoms with van der Waals surface area (Å²) in [4.78, 5) is 27.7. The molecule has 2 saturated heterocycles. The van der Waals surface area contributed by atoms with Crippen LogP contribution in [0.25, 0.3) is 0 Å². The van der Waals surface area contributed by atoms with Crippen LogP contribution in [0.15, 0.2) is 0 Å².